The fourth-order valence-electron chi connectivity index (χ4n) is 3.43. The molecule has 1 aromatic carbocycles. The van der Waals surface area contributed by atoms with Gasteiger partial charge in [0.15, 0.2) is 0 Å². The average Bonchev–Trinajstić information content (AvgIpc) is 2.90. The molecule has 0 saturated carbocycles. The summed E-state index contributed by atoms with van der Waals surface area (Å²) in [5.41, 5.74) is 3.34. The summed E-state index contributed by atoms with van der Waals surface area (Å²) in [6, 6.07) is 6.49. The second-order valence-electron chi connectivity index (χ2n) is 6.48. The number of benzene rings is 1. The predicted molar refractivity (Wildman–Crippen MR) is 92.2 cm³/mol. The first-order chi connectivity index (χ1) is 11.6. The van der Waals surface area contributed by atoms with Gasteiger partial charge in [0.1, 0.15) is 5.82 Å². The Kier molecular flexibility index (Phi) is 5.11. The highest BCUT2D eigenvalue weighted by molar-refractivity contribution is 5.23. The zero-order chi connectivity index (χ0) is 17.1. The zero-order valence-corrected chi connectivity index (χ0v) is 14.0. The number of hydrogen-bond donors (Lipinski definition) is 1. The lowest BCUT2D eigenvalue weighted by atomic mass is 9.87. The lowest BCUT2D eigenvalue weighted by Crippen LogP contribution is -2.42. The van der Waals surface area contributed by atoms with E-state index in [0.717, 1.165) is 30.8 Å². The number of likely N-dealkylation sites (tertiary alicyclic amines) is 1. The third kappa shape index (κ3) is 3.57. The van der Waals surface area contributed by atoms with Gasteiger partial charge in [0.05, 0.1) is 18.8 Å². The van der Waals surface area contributed by atoms with E-state index in [9.17, 15) is 9.50 Å². The average molecular weight is 329 g/mol. The molecule has 0 unspecified atom stereocenters. The second-order valence-corrected chi connectivity index (χ2v) is 6.48. The summed E-state index contributed by atoms with van der Waals surface area (Å²) < 4.78 is 15.0. The number of aliphatic hydroxyl groups is 1. The van der Waals surface area contributed by atoms with Crippen LogP contribution in [0.1, 0.15) is 29.2 Å². The largest absolute Gasteiger partial charge is 0.391 e. The maximum atomic E-state index is 13.1. The lowest BCUT2D eigenvalue weighted by Gasteiger charge is -2.36. The summed E-state index contributed by atoms with van der Waals surface area (Å²) in [4.78, 5) is 2.26. The van der Waals surface area contributed by atoms with Crippen molar-refractivity contribution in [2.45, 2.75) is 38.5 Å². The van der Waals surface area contributed by atoms with E-state index in [2.05, 4.69) is 23.5 Å². The van der Waals surface area contributed by atoms with Crippen LogP contribution >= 0.6 is 0 Å². The number of aliphatic hydroxyl groups excluding tert-OH is 1. The van der Waals surface area contributed by atoms with Crippen molar-refractivity contribution < 1.29 is 9.50 Å². The van der Waals surface area contributed by atoms with Gasteiger partial charge in [-0.25, -0.2) is 4.39 Å². The molecule has 4 nitrogen and oxygen atoms in total. The van der Waals surface area contributed by atoms with Gasteiger partial charge in [-0.3, -0.25) is 9.58 Å². The van der Waals surface area contributed by atoms with Crippen LogP contribution in [0.15, 0.2) is 43.1 Å². The van der Waals surface area contributed by atoms with Crippen LogP contribution in [0.5, 0.6) is 0 Å². The molecule has 0 spiro atoms. The maximum Gasteiger partial charge on any atom is 0.123 e. The van der Waals surface area contributed by atoms with Crippen LogP contribution in [0, 0.1) is 12.7 Å². The third-order valence-corrected chi connectivity index (χ3v) is 4.87. The Hall–Kier alpha value is -1.98. The van der Waals surface area contributed by atoms with E-state index < -0.39 is 6.10 Å². The predicted octanol–water partition coefficient (Wildman–Crippen LogP) is 2.87. The van der Waals surface area contributed by atoms with Crippen LogP contribution < -0.4 is 0 Å². The van der Waals surface area contributed by atoms with E-state index in [-0.39, 0.29) is 11.7 Å². The van der Waals surface area contributed by atoms with Crippen molar-refractivity contribution in [3.8, 4) is 0 Å². The van der Waals surface area contributed by atoms with E-state index in [1.165, 1.54) is 17.7 Å². The quantitative estimate of drug-likeness (QED) is 0.858. The van der Waals surface area contributed by atoms with Gasteiger partial charge >= 0.3 is 0 Å². The maximum absolute atomic E-state index is 13.1. The topological polar surface area (TPSA) is 41.3 Å². The van der Waals surface area contributed by atoms with E-state index in [1.54, 1.807) is 12.1 Å². The normalized spacial score (nSPS) is 21.8. The van der Waals surface area contributed by atoms with E-state index in [0.29, 0.717) is 13.1 Å². The van der Waals surface area contributed by atoms with E-state index in [4.69, 9.17) is 0 Å². The van der Waals surface area contributed by atoms with Crippen LogP contribution in [0.25, 0.3) is 0 Å². The van der Waals surface area contributed by atoms with Crippen molar-refractivity contribution >= 4 is 0 Å². The third-order valence-electron chi connectivity index (χ3n) is 4.87. The van der Waals surface area contributed by atoms with Gasteiger partial charge < -0.3 is 5.11 Å². The highest BCUT2D eigenvalue weighted by atomic mass is 19.1. The minimum absolute atomic E-state index is 0.0754. The van der Waals surface area contributed by atoms with Crippen LogP contribution in [-0.4, -0.2) is 39.0 Å². The smallest absolute Gasteiger partial charge is 0.123 e. The van der Waals surface area contributed by atoms with E-state index in [1.807, 2.05) is 17.0 Å². The molecule has 0 radical (unpaired) electrons. The van der Waals surface area contributed by atoms with Crippen molar-refractivity contribution in [2.24, 2.45) is 0 Å². The molecule has 2 aromatic rings. The molecule has 1 fully saturated rings. The Morgan fingerprint density at radius 2 is 2.12 bits per heavy atom. The van der Waals surface area contributed by atoms with Gasteiger partial charge in [-0.15, -0.1) is 6.58 Å². The number of hydrogen-bond acceptors (Lipinski definition) is 3. The second kappa shape index (κ2) is 7.28. The number of rotatable bonds is 5. The van der Waals surface area contributed by atoms with Gasteiger partial charge in [0, 0.05) is 30.3 Å². The van der Waals surface area contributed by atoms with Crippen LogP contribution in [0.2, 0.25) is 0 Å². The molecular formula is C19H24FN3O. The first-order valence-electron chi connectivity index (χ1n) is 8.36. The van der Waals surface area contributed by atoms with Crippen molar-refractivity contribution in [1.82, 2.24) is 14.7 Å². The van der Waals surface area contributed by atoms with Crippen LogP contribution in [0.3, 0.4) is 0 Å². The van der Waals surface area contributed by atoms with Crippen molar-refractivity contribution in [3.63, 3.8) is 0 Å². The van der Waals surface area contributed by atoms with Crippen molar-refractivity contribution in [2.75, 3.05) is 13.1 Å². The Bertz CT molecular complexity index is 695. The minimum atomic E-state index is -0.437. The Labute approximate surface area is 142 Å². The molecule has 0 amide bonds. The highest BCUT2D eigenvalue weighted by Crippen LogP contribution is 2.29. The number of nitrogens with zero attached hydrogens (tertiary/aromatic N) is 3. The Balaban J connectivity index is 1.63. The number of halogens is 1. The van der Waals surface area contributed by atoms with E-state index >= 15 is 0 Å². The van der Waals surface area contributed by atoms with Crippen molar-refractivity contribution in [1.29, 1.82) is 0 Å². The number of aromatic nitrogens is 2. The molecule has 1 aliphatic rings. The molecule has 2 atom stereocenters. The molecule has 5 heteroatoms. The first kappa shape index (κ1) is 16.9. The molecular weight excluding hydrogens is 305 g/mol. The molecule has 1 aliphatic heterocycles. The van der Waals surface area contributed by atoms with Crippen molar-refractivity contribution in [3.05, 3.63) is 65.8 Å². The number of allylic oxidation sites excluding steroid dienone is 1. The summed E-state index contributed by atoms with van der Waals surface area (Å²) in [5, 5.41) is 14.9. The van der Waals surface area contributed by atoms with Gasteiger partial charge in [-0.1, -0.05) is 18.2 Å². The van der Waals surface area contributed by atoms with Crippen LogP contribution in [0.4, 0.5) is 4.39 Å². The lowest BCUT2D eigenvalue weighted by molar-refractivity contribution is 0.0475. The molecule has 128 valence electrons. The molecule has 1 N–H and O–H groups in total. The molecule has 3 rings (SSSR count). The van der Waals surface area contributed by atoms with Gasteiger partial charge in [0.25, 0.3) is 0 Å². The molecule has 1 saturated heterocycles. The van der Waals surface area contributed by atoms with Gasteiger partial charge in [0.2, 0.25) is 0 Å². The summed E-state index contributed by atoms with van der Waals surface area (Å²) >= 11 is 0. The monoisotopic (exact) mass is 329 g/mol. The van der Waals surface area contributed by atoms with Crippen LogP contribution in [-0.2, 0) is 13.1 Å². The fourth-order valence-corrected chi connectivity index (χ4v) is 3.43. The molecule has 0 aliphatic carbocycles. The Morgan fingerprint density at radius 3 is 2.79 bits per heavy atom. The fraction of sp³-hybridized carbons (Fsp3) is 0.421. The summed E-state index contributed by atoms with van der Waals surface area (Å²) in [7, 11) is 0. The number of β-amino-alcohol motifs (C(OH)–C–C–N with tert-alkyl or cyclic N) is 1. The molecule has 24 heavy (non-hydrogen) atoms. The summed E-state index contributed by atoms with van der Waals surface area (Å²) in [6.07, 6.45) is 4.17. The SMILES string of the molecule is C=CCn1ncc(CN2CC[C@@H](c3ccc(F)cc3)[C@H](O)C2)c1C. The zero-order valence-electron chi connectivity index (χ0n) is 14.0. The molecule has 0 bridgehead atoms. The minimum Gasteiger partial charge on any atom is -0.391 e. The Morgan fingerprint density at radius 1 is 1.38 bits per heavy atom. The van der Waals surface area contributed by atoms with Gasteiger partial charge in [-0.05, 0) is 37.6 Å². The molecule has 2 heterocycles. The standard InChI is InChI=1S/C19H24FN3O/c1-3-9-23-14(2)16(11-21-23)12-22-10-8-18(19(24)13-22)15-4-6-17(20)7-5-15/h3-7,11,18-19,24H,1,8-10,12-13H2,2H3/t18-,19+/m0/s1. The number of piperidine rings is 1. The summed E-state index contributed by atoms with van der Waals surface area (Å²) in [5.74, 6) is -0.163. The molecule has 1 aromatic heterocycles. The van der Waals surface area contributed by atoms with Gasteiger partial charge in [-0.2, -0.15) is 5.10 Å². The summed E-state index contributed by atoms with van der Waals surface area (Å²) in [6.45, 7) is 8.83. The first-order valence-corrected chi connectivity index (χ1v) is 8.36. The highest BCUT2D eigenvalue weighted by Gasteiger charge is 2.29.